The van der Waals surface area contributed by atoms with Gasteiger partial charge in [-0.1, -0.05) is 30.3 Å². The first kappa shape index (κ1) is 12.8. The van der Waals surface area contributed by atoms with Crippen LogP contribution in [-0.2, 0) is 11.3 Å². The summed E-state index contributed by atoms with van der Waals surface area (Å²) in [6.07, 6.45) is -0.652. The van der Waals surface area contributed by atoms with Gasteiger partial charge in [-0.05, 0) is 12.5 Å². The third-order valence-electron chi connectivity index (χ3n) is 2.32. The van der Waals surface area contributed by atoms with Crippen molar-refractivity contribution in [3.8, 4) is 0 Å². The fourth-order valence-electron chi connectivity index (χ4n) is 1.51. The number of carbonyl (C=O) groups is 1. The number of amides is 1. The molecule has 2 N–H and O–H groups in total. The van der Waals surface area contributed by atoms with Gasteiger partial charge in [-0.15, -0.1) is 0 Å². The van der Waals surface area contributed by atoms with Crippen molar-refractivity contribution in [2.45, 2.75) is 13.5 Å². The van der Waals surface area contributed by atoms with Crippen molar-refractivity contribution in [2.75, 3.05) is 5.32 Å². The summed E-state index contributed by atoms with van der Waals surface area (Å²) in [5.74, 6) is 0.166. The summed E-state index contributed by atoms with van der Waals surface area (Å²) in [6, 6.07) is 10.8. The molecule has 1 aromatic carbocycles. The molecular weight excluding hydrogens is 246 g/mol. The normalized spacial score (nSPS) is 9.95. The number of anilines is 1. The SMILES string of the molecule is Cc1cc(NC(=O)OCc2ccccc2)nc(=O)[nH]1. The van der Waals surface area contributed by atoms with Crippen molar-refractivity contribution >= 4 is 11.9 Å². The molecule has 0 aliphatic carbocycles. The number of nitrogens with one attached hydrogen (secondary N) is 2. The molecule has 0 spiro atoms. The number of H-pyrrole nitrogens is 1. The zero-order valence-electron chi connectivity index (χ0n) is 10.3. The summed E-state index contributed by atoms with van der Waals surface area (Å²) in [7, 11) is 0. The van der Waals surface area contributed by atoms with Crippen molar-refractivity contribution in [1.82, 2.24) is 9.97 Å². The lowest BCUT2D eigenvalue weighted by molar-refractivity contribution is 0.155. The van der Waals surface area contributed by atoms with E-state index in [1.807, 2.05) is 30.3 Å². The quantitative estimate of drug-likeness (QED) is 0.880. The molecule has 1 aromatic heterocycles. The lowest BCUT2D eigenvalue weighted by Crippen LogP contribution is -2.19. The zero-order chi connectivity index (χ0) is 13.7. The first-order valence-electron chi connectivity index (χ1n) is 5.69. The first-order chi connectivity index (χ1) is 9.13. The number of carbonyl (C=O) groups excluding carboxylic acids is 1. The van der Waals surface area contributed by atoms with Crippen LogP contribution >= 0.6 is 0 Å². The van der Waals surface area contributed by atoms with Crippen LogP contribution in [0.3, 0.4) is 0 Å². The molecule has 0 saturated carbocycles. The zero-order valence-corrected chi connectivity index (χ0v) is 10.3. The Balaban J connectivity index is 1.92. The van der Waals surface area contributed by atoms with Gasteiger partial charge >= 0.3 is 11.8 Å². The van der Waals surface area contributed by atoms with Crippen LogP contribution in [0.15, 0.2) is 41.2 Å². The molecule has 2 aromatic rings. The highest BCUT2D eigenvalue weighted by atomic mass is 16.5. The van der Waals surface area contributed by atoms with E-state index in [4.69, 9.17) is 4.74 Å². The van der Waals surface area contributed by atoms with E-state index in [2.05, 4.69) is 15.3 Å². The van der Waals surface area contributed by atoms with Gasteiger partial charge in [-0.3, -0.25) is 5.32 Å². The number of nitrogens with zero attached hydrogens (tertiary/aromatic N) is 1. The number of aromatic amines is 1. The Labute approximate surface area is 109 Å². The number of hydrogen-bond acceptors (Lipinski definition) is 4. The number of aryl methyl sites for hydroxylation is 1. The highest BCUT2D eigenvalue weighted by Crippen LogP contribution is 2.04. The Morgan fingerprint density at radius 2 is 2.11 bits per heavy atom. The molecule has 6 nitrogen and oxygen atoms in total. The van der Waals surface area contributed by atoms with Crippen molar-refractivity contribution in [2.24, 2.45) is 0 Å². The van der Waals surface area contributed by atoms with Gasteiger partial charge < -0.3 is 9.72 Å². The van der Waals surface area contributed by atoms with E-state index in [0.717, 1.165) is 5.56 Å². The van der Waals surface area contributed by atoms with Gasteiger partial charge in [0.2, 0.25) is 0 Å². The van der Waals surface area contributed by atoms with E-state index < -0.39 is 11.8 Å². The molecule has 2 rings (SSSR count). The predicted octanol–water partition coefficient (Wildman–Crippen LogP) is 1.83. The Bertz CT molecular complexity index is 623. The van der Waals surface area contributed by atoms with Crippen molar-refractivity contribution < 1.29 is 9.53 Å². The van der Waals surface area contributed by atoms with Crippen LogP contribution in [0.25, 0.3) is 0 Å². The van der Waals surface area contributed by atoms with E-state index in [9.17, 15) is 9.59 Å². The molecule has 1 heterocycles. The molecule has 0 aliphatic heterocycles. The number of rotatable bonds is 3. The van der Waals surface area contributed by atoms with Gasteiger partial charge in [-0.2, -0.15) is 4.98 Å². The molecule has 6 heteroatoms. The Morgan fingerprint density at radius 1 is 1.37 bits per heavy atom. The third-order valence-corrected chi connectivity index (χ3v) is 2.32. The van der Waals surface area contributed by atoms with Crippen LogP contribution < -0.4 is 11.0 Å². The molecule has 0 fully saturated rings. The largest absolute Gasteiger partial charge is 0.444 e. The lowest BCUT2D eigenvalue weighted by Gasteiger charge is -2.06. The molecule has 0 saturated heterocycles. The minimum absolute atomic E-state index is 0.162. The molecular formula is C13H13N3O3. The second-order valence-corrected chi connectivity index (χ2v) is 3.94. The summed E-state index contributed by atoms with van der Waals surface area (Å²) in [6.45, 7) is 1.86. The average Bonchev–Trinajstić information content (AvgIpc) is 2.36. The van der Waals surface area contributed by atoms with Crippen LogP contribution in [0, 0.1) is 6.92 Å². The minimum Gasteiger partial charge on any atom is -0.444 e. The third kappa shape index (κ3) is 3.95. The van der Waals surface area contributed by atoms with Crippen LogP contribution in [0.2, 0.25) is 0 Å². The second kappa shape index (κ2) is 5.81. The summed E-state index contributed by atoms with van der Waals surface area (Å²) >= 11 is 0. The fraction of sp³-hybridized carbons (Fsp3) is 0.154. The van der Waals surface area contributed by atoms with Crippen LogP contribution in [0.1, 0.15) is 11.3 Å². The van der Waals surface area contributed by atoms with Gasteiger partial charge in [0.25, 0.3) is 0 Å². The second-order valence-electron chi connectivity index (χ2n) is 3.94. The fourth-order valence-corrected chi connectivity index (χ4v) is 1.51. The Hall–Kier alpha value is -2.63. The number of ether oxygens (including phenoxy) is 1. The van der Waals surface area contributed by atoms with Gasteiger partial charge in [0, 0.05) is 11.8 Å². The van der Waals surface area contributed by atoms with Crippen molar-refractivity contribution in [1.29, 1.82) is 0 Å². The number of hydrogen-bond donors (Lipinski definition) is 2. The topological polar surface area (TPSA) is 84.1 Å². The van der Waals surface area contributed by atoms with E-state index >= 15 is 0 Å². The summed E-state index contributed by atoms with van der Waals surface area (Å²) < 4.78 is 5.01. The van der Waals surface area contributed by atoms with Crippen molar-refractivity contribution in [3.05, 3.63) is 58.1 Å². The molecule has 0 radical (unpaired) electrons. The summed E-state index contributed by atoms with van der Waals surface area (Å²) in [5.41, 5.74) is 0.976. The average molecular weight is 259 g/mol. The minimum atomic E-state index is -0.652. The summed E-state index contributed by atoms with van der Waals surface area (Å²) in [4.78, 5) is 28.7. The monoisotopic (exact) mass is 259 g/mol. The molecule has 0 unspecified atom stereocenters. The van der Waals surface area contributed by atoms with E-state index in [1.54, 1.807) is 13.0 Å². The van der Waals surface area contributed by atoms with E-state index in [0.29, 0.717) is 5.69 Å². The van der Waals surface area contributed by atoms with Crippen molar-refractivity contribution in [3.63, 3.8) is 0 Å². The highest BCUT2D eigenvalue weighted by molar-refractivity contribution is 5.83. The number of benzene rings is 1. The molecule has 19 heavy (non-hydrogen) atoms. The summed E-state index contributed by atoms with van der Waals surface area (Å²) in [5, 5.41) is 2.40. The first-order valence-corrected chi connectivity index (χ1v) is 5.69. The maximum Gasteiger partial charge on any atom is 0.413 e. The smallest absolute Gasteiger partial charge is 0.413 e. The molecule has 0 atom stereocenters. The van der Waals surface area contributed by atoms with Gasteiger partial charge in [0.15, 0.2) is 0 Å². The highest BCUT2D eigenvalue weighted by Gasteiger charge is 2.05. The van der Waals surface area contributed by atoms with Crippen LogP contribution in [0.4, 0.5) is 10.6 Å². The molecule has 0 aliphatic rings. The molecule has 1 amide bonds. The maximum absolute atomic E-state index is 11.5. The van der Waals surface area contributed by atoms with Gasteiger partial charge in [0.1, 0.15) is 12.4 Å². The molecule has 98 valence electrons. The number of aromatic nitrogens is 2. The maximum atomic E-state index is 11.5. The predicted molar refractivity (Wildman–Crippen MR) is 69.8 cm³/mol. The Kier molecular flexibility index (Phi) is 3.92. The van der Waals surface area contributed by atoms with Gasteiger partial charge in [-0.25, -0.2) is 9.59 Å². The van der Waals surface area contributed by atoms with E-state index in [-0.39, 0.29) is 12.4 Å². The van der Waals surface area contributed by atoms with E-state index in [1.165, 1.54) is 0 Å². The lowest BCUT2D eigenvalue weighted by atomic mass is 10.2. The van der Waals surface area contributed by atoms with Crippen LogP contribution in [0.5, 0.6) is 0 Å². The van der Waals surface area contributed by atoms with Crippen LogP contribution in [-0.4, -0.2) is 16.1 Å². The Morgan fingerprint density at radius 3 is 2.79 bits per heavy atom. The molecule has 0 bridgehead atoms. The standard InChI is InChI=1S/C13H13N3O3/c1-9-7-11(15-12(17)14-9)16-13(18)19-8-10-5-3-2-4-6-10/h2-7H,8H2,1H3,(H2,14,15,16,17,18). The van der Waals surface area contributed by atoms with Gasteiger partial charge in [0.05, 0.1) is 0 Å².